The molecule has 346 valence electrons. The first kappa shape index (κ1) is 59.6. The number of nitrogens with zero attached hydrogens (tertiary/aromatic N) is 6. The Bertz CT molecular complexity index is 2300. The lowest BCUT2D eigenvalue weighted by atomic mass is 10.3. The van der Waals surface area contributed by atoms with Crippen LogP contribution in [0.5, 0.6) is 0 Å². The maximum Gasteiger partial charge on any atom is 0.440 e. The number of carbonyl (C=O) groups excluding carboxylic acids is 1. The van der Waals surface area contributed by atoms with Gasteiger partial charge in [0.05, 0.1) is 48.4 Å². The third-order valence-corrected chi connectivity index (χ3v) is 8.14. The molecule has 5 N–H and O–H groups in total. The number of hydrogen-bond donors (Lipinski definition) is 3. The van der Waals surface area contributed by atoms with Gasteiger partial charge in [-0.2, -0.15) is 48.3 Å². The number of sulfone groups is 1. The van der Waals surface area contributed by atoms with Gasteiger partial charge in [0.15, 0.2) is 16.0 Å². The number of rotatable bonds is 5. The van der Waals surface area contributed by atoms with Crippen molar-refractivity contribution in [2.45, 2.75) is 23.8 Å². The first-order chi connectivity index (χ1) is 27.5. The van der Waals surface area contributed by atoms with Crippen LogP contribution in [0.25, 0.3) is 0 Å². The Kier molecular flexibility index (Phi) is 23.5. The number of anilines is 2. The normalized spacial score (nSPS) is 11.2. The summed E-state index contributed by atoms with van der Waals surface area (Å²) in [4.78, 5) is 41.6. The maximum absolute atomic E-state index is 12.3. The van der Waals surface area contributed by atoms with Crippen LogP contribution in [0.15, 0.2) is 53.7 Å². The van der Waals surface area contributed by atoms with Crippen molar-refractivity contribution >= 4 is 113 Å². The van der Waals surface area contributed by atoms with Gasteiger partial charge in [-0.05, 0) is 28.1 Å². The van der Waals surface area contributed by atoms with Crippen molar-refractivity contribution in [2.75, 3.05) is 24.5 Å². The number of ether oxygens (including phenoxy) is 1. The van der Waals surface area contributed by atoms with Crippen LogP contribution in [-0.4, -0.2) is 62.8 Å². The van der Waals surface area contributed by atoms with E-state index in [0.717, 1.165) is 24.5 Å². The minimum atomic E-state index is -4.85. The molecule has 0 aliphatic carbocycles. The Morgan fingerprint density at radius 2 is 1.06 bits per heavy atom. The minimum Gasteiger partial charge on any atom is -0.464 e. The molecule has 62 heavy (non-hydrogen) atoms. The lowest BCUT2D eigenvalue weighted by molar-refractivity contribution is -0.388. The van der Waals surface area contributed by atoms with Crippen LogP contribution in [0.1, 0.15) is 17.1 Å². The standard InChI is InChI=1S/C6H5ClF3N3.C6H2ClF3N2O2.C6H4ClF3N2.C5H2BrClN2O2.C4H6F2O4S.ClH/c7-3-1-4(13-11)5(12-2-3)6(8,9)10;7-3-1-4(12(13)14)5(11-2-3)6(8,9)10;7-3-1-4(11)5(12-2-3)6(8,9)10;6-5-4(9(10)11)1-3(7)2-8-5;1-10-3(7)4(5,6)11(2,8)9;/h1-2,13H,11H2;1-2H;1-2H,11H2;1-2H;1-2H3;1H. The van der Waals surface area contributed by atoms with Crippen molar-refractivity contribution in [3.8, 4) is 0 Å². The zero-order valence-electron chi connectivity index (χ0n) is 29.6. The lowest BCUT2D eigenvalue weighted by Crippen LogP contribution is -2.37. The van der Waals surface area contributed by atoms with Gasteiger partial charge in [0.1, 0.15) is 0 Å². The molecular weight excluding hydrogens is 1080 g/mol. The summed E-state index contributed by atoms with van der Waals surface area (Å²) < 4.78 is 158. The van der Waals surface area contributed by atoms with Crippen LogP contribution in [0.4, 0.5) is 71.0 Å². The SMILES string of the molecule is COC(=O)C(F)(F)S(C)(=O)=O.Cl.NNc1cc(Cl)cnc1C(F)(F)F.Nc1cc(Cl)cnc1C(F)(F)F.O=[N+]([O-])c1cc(Cl)cnc1Br.O=[N+]([O-])c1cc(Cl)cnc1C(F)(F)F. The Hall–Kier alpha value is -4.46. The molecule has 0 amide bonds. The highest BCUT2D eigenvalue weighted by Crippen LogP contribution is 2.36. The molecule has 0 aliphatic rings. The maximum atomic E-state index is 12.3. The van der Waals surface area contributed by atoms with Crippen molar-refractivity contribution < 1.29 is 76.1 Å². The number of hydrogen-bond acceptors (Lipinski definition) is 15. The molecule has 4 aromatic heterocycles. The molecule has 17 nitrogen and oxygen atoms in total. The summed E-state index contributed by atoms with van der Waals surface area (Å²) in [7, 11) is -4.04. The highest BCUT2D eigenvalue weighted by atomic mass is 79.9. The van der Waals surface area contributed by atoms with E-state index in [4.69, 9.17) is 58.0 Å². The van der Waals surface area contributed by atoms with Crippen molar-refractivity contribution in [3.63, 3.8) is 0 Å². The summed E-state index contributed by atoms with van der Waals surface area (Å²) in [5.74, 6) is 2.80. The monoisotopic (exact) mass is 1090 g/mol. The van der Waals surface area contributed by atoms with Crippen molar-refractivity contribution in [2.24, 2.45) is 5.84 Å². The molecule has 4 aromatic rings. The van der Waals surface area contributed by atoms with Gasteiger partial charge in [-0.1, -0.05) is 46.4 Å². The zero-order valence-corrected chi connectivity index (χ0v) is 35.8. The molecular formula is C27H20BrCl5F11N9O8S. The first-order valence-electron chi connectivity index (χ1n) is 14.2. The molecule has 4 heterocycles. The number of carbonyl (C=O) groups is 1. The smallest absolute Gasteiger partial charge is 0.440 e. The van der Waals surface area contributed by atoms with Gasteiger partial charge in [0.2, 0.25) is 15.5 Å². The van der Waals surface area contributed by atoms with Crippen molar-refractivity contribution in [3.05, 3.63) is 111 Å². The molecule has 0 aromatic carbocycles. The summed E-state index contributed by atoms with van der Waals surface area (Å²) in [5, 5.41) is 16.2. The molecule has 0 radical (unpaired) electrons. The molecule has 0 bridgehead atoms. The van der Waals surface area contributed by atoms with Crippen LogP contribution in [0.2, 0.25) is 20.1 Å². The number of nitrogens with one attached hydrogen (secondary N) is 1. The predicted octanol–water partition coefficient (Wildman–Crippen LogP) is 9.66. The minimum absolute atomic E-state index is 0. The van der Waals surface area contributed by atoms with Gasteiger partial charge in [0, 0.05) is 43.2 Å². The van der Waals surface area contributed by atoms with E-state index in [1.165, 1.54) is 12.3 Å². The second-order valence-corrected chi connectivity index (χ2v) is 14.6. The van der Waals surface area contributed by atoms with Gasteiger partial charge < -0.3 is 15.9 Å². The van der Waals surface area contributed by atoms with Crippen LogP contribution in [-0.2, 0) is 37.9 Å². The first-order valence-corrected chi connectivity index (χ1v) is 18.4. The van der Waals surface area contributed by atoms with Crippen molar-refractivity contribution in [1.29, 1.82) is 0 Å². The fourth-order valence-corrected chi connectivity index (χ4v) is 4.44. The van der Waals surface area contributed by atoms with Crippen LogP contribution in [0.3, 0.4) is 0 Å². The number of aromatic nitrogens is 4. The Morgan fingerprint density at radius 3 is 1.39 bits per heavy atom. The largest absolute Gasteiger partial charge is 0.464 e. The third-order valence-electron chi connectivity index (χ3n) is 5.60. The van der Waals surface area contributed by atoms with E-state index in [0.29, 0.717) is 19.4 Å². The second kappa shape index (κ2) is 24.4. The number of halogens is 17. The summed E-state index contributed by atoms with van der Waals surface area (Å²) in [6, 6.07) is 3.91. The van der Waals surface area contributed by atoms with Gasteiger partial charge >= 0.3 is 41.1 Å². The molecule has 0 spiro atoms. The lowest BCUT2D eigenvalue weighted by Gasteiger charge is -2.10. The van der Waals surface area contributed by atoms with E-state index in [-0.39, 0.29) is 54.7 Å². The number of nitrogen functional groups attached to an aromatic ring is 2. The van der Waals surface area contributed by atoms with E-state index in [1.54, 1.807) is 0 Å². The number of pyridine rings is 4. The van der Waals surface area contributed by atoms with Gasteiger partial charge in [-0.15, -0.1) is 12.4 Å². The summed E-state index contributed by atoms with van der Waals surface area (Å²) in [6.07, 6.45) is -9.81. The molecule has 0 unspecified atom stereocenters. The van der Waals surface area contributed by atoms with E-state index < -0.39 is 77.9 Å². The van der Waals surface area contributed by atoms with E-state index in [1.807, 2.05) is 5.43 Å². The molecule has 0 aliphatic heterocycles. The van der Waals surface area contributed by atoms with Crippen LogP contribution < -0.4 is 17.0 Å². The average molecular weight is 1100 g/mol. The fourth-order valence-electron chi connectivity index (χ4n) is 3.06. The summed E-state index contributed by atoms with van der Waals surface area (Å²) >= 11 is 24.4. The Balaban J connectivity index is 0. The van der Waals surface area contributed by atoms with Gasteiger partial charge in [-0.25, -0.2) is 33.1 Å². The fraction of sp³-hybridized carbons (Fsp3) is 0.222. The summed E-state index contributed by atoms with van der Waals surface area (Å²) in [6.45, 7) is 0. The van der Waals surface area contributed by atoms with E-state index >= 15 is 0 Å². The molecule has 0 fully saturated rings. The molecule has 0 saturated carbocycles. The molecule has 4 rings (SSSR count). The van der Waals surface area contributed by atoms with Gasteiger partial charge in [-0.3, -0.25) is 26.1 Å². The average Bonchev–Trinajstić information content (AvgIpc) is 3.11. The number of methoxy groups -OCH3 is 1. The summed E-state index contributed by atoms with van der Waals surface area (Å²) in [5.41, 5.74) is 1.09. The van der Waals surface area contributed by atoms with E-state index in [9.17, 15) is 81.7 Å². The van der Waals surface area contributed by atoms with E-state index in [2.05, 4.69) is 40.6 Å². The number of nitro groups is 2. The van der Waals surface area contributed by atoms with Crippen LogP contribution >= 0.6 is 74.7 Å². The third kappa shape index (κ3) is 19.3. The number of nitrogens with two attached hydrogens (primary N) is 2. The number of hydrazine groups is 1. The highest BCUT2D eigenvalue weighted by Gasteiger charge is 2.51. The van der Waals surface area contributed by atoms with Gasteiger partial charge in [0.25, 0.3) is 0 Å². The van der Waals surface area contributed by atoms with Crippen molar-refractivity contribution in [1.82, 2.24) is 19.9 Å². The topological polar surface area (TPSA) is 262 Å². The Morgan fingerprint density at radius 1 is 0.710 bits per heavy atom. The second-order valence-electron chi connectivity index (χ2n) is 10.1. The highest BCUT2D eigenvalue weighted by molar-refractivity contribution is 9.10. The number of alkyl halides is 11. The number of esters is 1. The Labute approximate surface area is 373 Å². The predicted molar refractivity (Wildman–Crippen MR) is 204 cm³/mol. The zero-order chi connectivity index (χ0) is 48.1. The molecule has 0 saturated heterocycles. The quantitative estimate of drug-likeness (QED) is 0.0419. The van der Waals surface area contributed by atoms with Crippen LogP contribution in [0, 0.1) is 20.2 Å². The molecule has 0 atom stereocenters. The molecule has 35 heteroatoms.